The molecule has 1 unspecified atom stereocenters. The molecule has 1 rings (SSSR count). The SMILES string of the molecule is CC(N)CCC(=O)N1CCCN(CC(=O)O)CC1. The first-order valence-electron chi connectivity index (χ1n) is 6.46. The van der Waals surface area contributed by atoms with Crippen molar-refractivity contribution in [3.8, 4) is 0 Å². The van der Waals surface area contributed by atoms with Gasteiger partial charge in [-0.1, -0.05) is 0 Å². The molecule has 0 spiro atoms. The number of nitrogens with two attached hydrogens (primary N) is 1. The van der Waals surface area contributed by atoms with Crippen molar-refractivity contribution < 1.29 is 14.7 Å². The van der Waals surface area contributed by atoms with Crippen molar-refractivity contribution in [1.29, 1.82) is 0 Å². The van der Waals surface area contributed by atoms with Gasteiger partial charge in [0.25, 0.3) is 0 Å². The fraction of sp³-hybridized carbons (Fsp3) is 0.833. The highest BCUT2D eigenvalue weighted by molar-refractivity contribution is 5.76. The van der Waals surface area contributed by atoms with Crippen LogP contribution in [0.15, 0.2) is 0 Å². The highest BCUT2D eigenvalue weighted by Gasteiger charge is 2.20. The zero-order chi connectivity index (χ0) is 13.5. The van der Waals surface area contributed by atoms with Gasteiger partial charge in [0.2, 0.25) is 5.91 Å². The van der Waals surface area contributed by atoms with E-state index in [1.54, 1.807) is 0 Å². The quantitative estimate of drug-likeness (QED) is 0.708. The monoisotopic (exact) mass is 257 g/mol. The van der Waals surface area contributed by atoms with E-state index in [1.165, 1.54) is 0 Å². The van der Waals surface area contributed by atoms with E-state index < -0.39 is 5.97 Å². The summed E-state index contributed by atoms with van der Waals surface area (Å²) in [6.07, 6.45) is 2.02. The summed E-state index contributed by atoms with van der Waals surface area (Å²) in [6.45, 7) is 4.66. The van der Waals surface area contributed by atoms with E-state index in [-0.39, 0.29) is 18.5 Å². The standard InChI is InChI=1S/C12H23N3O3/c1-10(13)3-4-11(16)15-6-2-5-14(7-8-15)9-12(17)18/h10H,2-9,13H2,1H3,(H,17,18). The highest BCUT2D eigenvalue weighted by atomic mass is 16.4. The molecule has 0 bridgehead atoms. The van der Waals surface area contributed by atoms with Crippen LogP contribution in [0.2, 0.25) is 0 Å². The number of hydrogen-bond donors (Lipinski definition) is 2. The van der Waals surface area contributed by atoms with Crippen LogP contribution in [0.4, 0.5) is 0 Å². The van der Waals surface area contributed by atoms with Crippen molar-refractivity contribution in [3.63, 3.8) is 0 Å². The highest BCUT2D eigenvalue weighted by Crippen LogP contribution is 2.06. The molecule has 0 aromatic carbocycles. The Morgan fingerprint density at radius 1 is 1.28 bits per heavy atom. The minimum absolute atomic E-state index is 0.0458. The lowest BCUT2D eigenvalue weighted by Crippen LogP contribution is -2.37. The average Bonchev–Trinajstić information content (AvgIpc) is 2.50. The third kappa shape index (κ3) is 5.46. The summed E-state index contributed by atoms with van der Waals surface area (Å²) >= 11 is 0. The van der Waals surface area contributed by atoms with Gasteiger partial charge in [-0.15, -0.1) is 0 Å². The number of carbonyl (C=O) groups is 2. The van der Waals surface area contributed by atoms with Gasteiger partial charge >= 0.3 is 5.97 Å². The van der Waals surface area contributed by atoms with E-state index in [2.05, 4.69) is 0 Å². The molecule has 1 saturated heterocycles. The maximum Gasteiger partial charge on any atom is 0.317 e. The van der Waals surface area contributed by atoms with Crippen LogP contribution in [0, 0.1) is 0 Å². The molecule has 1 amide bonds. The number of amides is 1. The molecule has 1 fully saturated rings. The molecule has 1 aliphatic rings. The summed E-state index contributed by atoms with van der Waals surface area (Å²) in [4.78, 5) is 26.3. The number of rotatable bonds is 5. The van der Waals surface area contributed by atoms with Gasteiger partial charge in [0.05, 0.1) is 6.54 Å². The van der Waals surface area contributed by atoms with E-state index in [9.17, 15) is 9.59 Å². The molecule has 0 aliphatic carbocycles. The second-order valence-electron chi connectivity index (χ2n) is 4.92. The first-order chi connectivity index (χ1) is 8.49. The average molecular weight is 257 g/mol. The Hall–Kier alpha value is -1.14. The molecule has 0 aromatic rings. The van der Waals surface area contributed by atoms with Crippen molar-refractivity contribution in [2.45, 2.75) is 32.2 Å². The Balaban J connectivity index is 2.36. The lowest BCUT2D eigenvalue weighted by atomic mass is 10.2. The van der Waals surface area contributed by atoms with Gasteiger partial charge in [-0.25, -0.2) is 0 Å². The fourth-order valence-electron chi connectivity index (χ4n) is 2.08. The van der Waals surface area contributed by atoms with Crippen molar-refractivity contribution >= 4 is 11.9 Å². The minimum Gasteiger partial charge on any atom is -0.480 e. The van der Waals surface area contributed by atoms with Gasteiger partial charge in [-0.3, -0.25) is 14.5 Å². The first-order valence-corrected chi connectivity index (χ1v) is 6.46. The van der Waals surface area contributed by atoms with E-state index in [0.717, 1.165) is 13.0 Å². The van der Waals surface area contributed by atoms with Crippen LogP contribution in [0.1, 0.15) is 26.2 Å². The number of nitrogens with zero attached hydrogens (tertiary/aromatic N) is 2. The molecule has 18 heavy (non-hydrogen) atoms. The van der Waals surface area contributed by atoms with Gasteiger partial charge in [0.1, 0.15) is 0 Å². The van der Waals surface area contributed by atoms with Crippen molar-refractivity contribution in [2.75, 3.05) is 32.7 Å². The predicted molar refractivity (Wildman–Crippen MR) is 68.2 cm³/mol. The van der Waals surface area contributed by atoms with E-state index in [1.807, 2.05) is 16.7 Å². The van der Waals surface area contributed by atoms with Crippen LogP contribution >= 0.6 is 0 Å². The summed E-state index contributed by atoms with van der Waals surface area (Å²) < 4.78 is 0. The Morgan fingerprint density at radius 2 is 2.00 bits per heavy atom. The summed E-state index contributed by atoms with van der Waals surface area (Å²) in [5, 5.41) is 8.74. The summed E-state index contributed by atoms with van der Waals surface area (Å²) in [5.74, 6) is -0.684. The van der Waals surface area contributed by atoms with Crippen LogP contribution < -0.4 is 5.73 Å². The molecule has 1 heterocycles. The maximum absolute atomic E-state index is 11.9. The Labute approximate surface area is 108 Å². The third-order valence-electron chi connectivity index (χ3n) is 3.11. The lowest BCUT2D eigenvalue weighted by molar-refractivity contribution is -0.138. The topological polar surface area (TPSA) is 86.9 Å². The summed E-state index contributed by atoms with van der Waals surface area (Å²) in [5.41, 5.74) is 5.63. The molecule has 0 radical (unpaired) electrons. The minimum atomic E-state index is -0.813. The molecular weight excluding hydrogens is 234 g/mol. The molecule has 0 aromatic heterocycles. The Bertz CT molecular complexity index is 294. The third-order valence-corrected chi connectivity index (χ3v) is 3.11. The van der Waals surface area contributed by atoms with Gasteiger partial charge in [-0.05, 0) is 19.8 Å². The summed E-state index contributed by atoms with van der Waals surface area (Å²) in [7, 11) is 0. The van der Waals surface area contributed by atoms with Gasteiger partial charge in [0.15, 0.2) is 0 Å². The summed E-state index contributed by atoms with van der Waals surface area (Å²) in [6, 6.07) is 0.0458. The van der Waals surface area contributed by atoms with Crippen LogP contribution in [0.25, 0.3) is 0 Å². The van der Waals surface area contributed by atoms with Gasteiger partial charge in [0, 0.05) is 38.6 Å². The number of carboxylic acids is 1. The van der Waals surface area contributed by atoms with Crippen molar-refractivity contribution in [1.82, 2.24) is 9.80 Å². The molecule has 1 aliphatic heterocycles. The van der Waals surface area contributed by atoms with Crippen molar-refractivity contribution in [2.24, 2.45) is 5.73 Å². The smallest absolute Gasteiger partial charge is 0.317 e. The van der Waals surface area contributed by atoms with E-state index in [4.69, 9.17) is 10.8 Å². The number of hydrogen-bond acceptors (Lipinski definition) is 4. The van der Waals surface area contributed by atoms with E-state index >= 15 is 0 Å². The molecule has 3 N–H and O–H groups in total. The fourth-order valence-corrected chi connectivity index (χ4v) is 2.08. The van der Waals surface area contributed by atoms with E-state index in [0.29, 0.717) is 32.5 Å². The van der Waals surface area contributed by atoms with Gasteiger partial charge < -0.3 is 15.7 Å². The maximum atomic E-state index is 11.9. The molecule has 6 heteroatoms. The molecular formula is C12H23N3O3. The first kappa shape index (κ1) is 14.9. The second-order valence-corrected chi connectivity index (χ2v) is 4.92. The largest absolute Gasteiger partial charge is 0.480 e. The predicted octanol–water partition coefficient (Wildman–Crippen LogP) is -0.267. The normalized spacial score (nSPS) is 19.3. The van der Waals surface area contributed by atoms with Crippen LogP contribution in [0.5, 0.6) is 0 Å². The number of carbonyl (C=O) groups excluding carboxylic acids is 1. The van der Waals surface area contributed by atoms with Crippen LogP contribution in [0.3, 0.4) is 0 Å². The molecule has 104 valence electrons. The Morgan fingerprint density at radius 3 is 2.61 bits per heavy atom. The molecule has 1 atom stereocenters. The zero-order valence-corrected chi connectivity index (χ0v) is 11.0. The van der Waals surface area contributed by atoms with Crippen LogP contribution in [-0.2, 0) is 9.59 Å². The molecule has 6 nitrogen and oxygen atoms in total. The van der Waals surface area contributed by atoms with Crippen molar-refractivity contribution in [3.05, 3.63) is 0 Å². The second kappa shape index (κ2) is 7.33. The van der Waals surface area contributed by atoms with Crippen LogP contribution in [-0.4, -0.2) is 65.5 Å². The number of aliphatic carboxylic acids is 1. The Kier molecular flexibility index (Phi) is 6.07. The lowest BCUT2D eigenvalue weighted by Gasteiger charge is -2.21. The molecule has 0 saturated carbocycles. The number of carboxylic acid groups (broad SMARTS) is 1. The zero-order valence-electron chi connectivity index (χ0n) is 11.0. The van der Waals surface area contributed by atoms with Gasteiger partial charge in [-0.2, -0.15) is 0 Å².